The van der Waals surface area contributed by atoms with Gasteiger partial charge in [0.25, 0.3) is 0 Å². The summed E-state index contributed by atoms with van der Waals surface area (Å²) >= 11 is 0. The summed E-state index contributed by atoms with van der Waals surface area (Å²) in [7, 11) is 0. The zero-order valence-corrected chi connectivity index (χ0v) is 17.6. The van der Waals surface area contributed by atoms with E-state index in [4.69, 9.17) is 5.11 Å². The molecule has 0 radical (unpaired) electrons. The lowest BCUT2D eigenvalue weighted by atomic mass is 9.44. The van der Waals surface area contributed by atoms with Crippen molar-refractivity contribution in [3.8, 4) is 0 Å². The molecule has 0 aromatic heterocycles. The highest BCUT2D eigenvalue weighted by molar-refractivity contribution is 5.66. The van der Waals surface area contributed by atoms with Crippen molar-refractivity contribution in [3.05, 3.63) is 0 Å². The van der Waals surface area contributed by atoms with Gasteiger partial charge >= 0.3 is 5.97 Å². The number of aliphatic hydroxyl groups is 1. The number of rotatable bonds is 4. The van der Waals surface area contributed by atoms with Crippen LogP contribution in [0.5, 0.6) is 0 Å². The number of carboxylic acid groups (broad SMARTS) is 1. The Hall–Kier alpha value is -0.570. The van der Waals surface area contributed by atoms with E-state index < -0.39 is 5.97 Å². The Labute approximate surface area is 165 Å². The maximum absolute atomic E-state index is 11.0. The molecule has 0 bridgehead atoms. The van der Waals surface area contributed by atoms with E-state index in [2.05, 4.69) is 20.8 Å². The number of aliphatic hydroxyl groups excluding tert-OH is 1. The van der Waals surface area contributed by atoms with Crippen molar-refractivity contribution in [3.63, 3.8) is 0 Å². The van der Waals surface area contributed by atoms with Crippen LogP contribution in [-0.2, 0) is 4.79 Å². The van der Waals surface area contributed by atoms with Gasteiger partial charge in [-0.25, -0.2) is 0 Å². The van der Waals surface area contributed by atoms with Crippen LogP contribution < -0.4 is 0 Å². The van der Waals surface area contributed by atoms with Gasteiger partial charge in [-0.2, -0.15) is 0 Å². The quantitative estimate of drug-likeness (QED) is 0.680. The molecule has 0 amide bonds. The first-order chi connectivity index (χ1) is 12.8. The molecule has 3 nitrogen and oxygen atoms in total. The molecule has 0 unspecified atom stereocenters. The molecule has 154 valence electrons. The van der Waals surface area contributed by atoms with E-state index in [0.29, 0.717) is 29.1 Å². The second-order valence-electron chi connectivity index (χ2n) is 11.2. The van der Waals surface area contributed by atoms with E-state index >= 15 is 0 Å². The lowest BCUT2D eigenvalue weighted by Gasteiger charge is -2.61. The van der Waals surface area contributed by atoms with Gasteiger partial charge in [0.15, 0.2) is 0 Å². The van der Waals surface area contributed by atoms with Crippen molar-refractivity contribution in [2.45, 2.75) is 97.5 Å². The van der Waals surface area contributed by atoms with Crippen LogP contribution in [0.2, 0.25) is 0 Å². The Morgan fingerprint density at radius 1 is 1.00 bits per heavy atom. The van der Waals surface area contributed by atoms with Crippen molar-refractivity contribution in [1.29, 1.82) is 0 Å². The minimum Gasteiger partial charge on any atom is -0.481 e. The third kappa shape index (κ3) is 3.16. The van der Waals surface area contributed by atoms with Gasteiger partial charge in [0.2, 0.25) is 0 Å². The average Bonchev–Trinajstić information content (AvgIpc) is 2.97. The van der Waals surface area contributed by atoms with Crippen LogP contribution in [-0.4, -0.2) is 22.3 Å². The SMILES string of the molecule is C[C@@H](CCC(=O)O)[C@@H]1CC[C@H]2[C@@H]3CC[C@H]4C[C@@H](O)CC[C@]4(C)[C@H]3CC[C@@]21C. The zero-order chi connectivity index (χ0) is 19.4. The maximum Gasteiger partial charge on any atom is 0.303 e. The zero-order valence-electron chi connectivity index (χ0n) is 17.6. The molecule has 0 spiro atoms. The highest BCUT2D eigenvalue weighted by Gasteiger charge is 2.60. The van der Waals surface area contributed by atoms with Crippen LogP contribution in [0.3, 0.4) is 0 Å². The molecule has 3 heteroatoms. The van der Waals surface area contributed by atoms with Gasteiger partial charge in [0, 0.05) is 6.42 Å². The molecule has 0 aliphatic heterocycles. The predicted molar refractivity (Wildman–Crippen MR) is 107 cm³/mol. The highest BCUT2D eigenvalue weighted by Crippen LogP contribution is 2.68. The number of carboxylic acids is 1. The van der Waals surface area contributed by atoms with Gasteiger partial charge in [0.05, 0.1) is 6.10 Å². The standard InChI is InChI=1S/C24H40O3/c1-15(4-9-22(26)27)19-7-8-20-18-6-5-16-14-17(25)10-12-23(16,2)21(18)11-13-24(19,20)3/h15-21,25H,4-14H2,1-3H3,(H,26,27)/t15-,16-,17-,18-,19-,20-,21-,23-,24+/m0/s1. The minimum absolute atomic E-state index is 0.0561. The molecule has 4 aliphatic rings. The lowest BCUT2D eigenvalue weighted by molar-refractivity contribution is -0.138. The van der Waals surface area contributed by atoms with Gasteiger partial charge in [0.1, 0.15) is 0 Å². The van der Waals surface area contributed by atoms with Crippen LogP contribution >= 0.6 is 0 Å². The number of aliphatic carboxylic acids is 1. The van der Waals surface area contributed by atoms with E-state index in [1.165, 1.54) is 44.9 Å². The minimum atomic E-state index is -0.643. The summed E-state index contributed by atoms with van der Waals surface area (Å²) in [5, 5.41) is 19.3. The Balaban J connectivity index is 1.51. The first-order valence-corrected chi connectivity index (χ1v) is 11.7. The summed E-state index contributed by atoms with van der Waals surface area (Å²) in [5.41, 5.74) is 0.882. The maximum atomic E-state index is 11.0. The summed E-state index contributed by atoms with van der Waals surface area (Å²) in [4.78, 5) is 11.0. The normalized spacial score (nSPS) is 50.4. The van der Waals surface area contributed by atoms with Crippen molar-refractivity contribution < 1.29 is 15.0 Å². The second kappa shape index (κ2) is 7.04. The molecule has 0 aromatic carbocycles. The number of fused-ring (bicyclic) bond motifs is 5. The van der Waals surface area contributed by atoms with Crippen molar-refractivity contribution in [2.75, 3.05) is 0 Å². The van der Waals surface area contributed by atoms with E-state index in [1.54, 1.807) is 0 Å². The molecule has 2 N–H and O–H groups in total. The van der Waals surface area contributed by atoms with Crippen LogP contribution in [0.1, 0.15) is 91.4 Å². The molecule has 4 saturated carbocycles. The predicted octanol–water partition coefficient (Wildman–Crippen LogP) is 5.51. The van der Waals surface area contributed by atoms with Gasteiger partial charge in [-0.05, 0) is 111 Å². The average molecular weight is 377 g/mol. The van der Waals surface area contributed by atoms with E-state index in [-0.39, 0.29) is 6.10 Å². The van der Waals surface area contributed by atoms with E-state index in [9.17, 15) is 9.90 Å². The van der Waals surface area contributed by atoms with Gasteiger partial charge < -0.3 is 10.2 Å². The second-order valence-corrected chi connectivity index (χ2v) is 11.2. The summed E-state index contributed by atoms with van der Waals surface area (Å²) in [6, 6.07) is 0. The summed E-state index contributed by atoms with van der Waals surface area (Å²) in [6.45, 7) is 7.43. The Morgan fingerprint density at radius 2 is 1.70 bits per heavy atom. The first-order valence-electron chi connectivity index (χ1n) is 11.7. The molecule has 27 heavy (non-hydrogen) atoms. The third-order valence-electron chi connectivity index (χ3n) is 10.2. The molecule has 0 heterocycles. The Morgan fingerprint density at radius 3 is 2.44 bits per heavy atom. The fourth-order valence-corrected chi connectivity index (χ4v) is 8.76. The molecule has 9 atom stereocenters. The number of hydrogen-bond acceptors (Lipinski definition) is 2. The van der Waals surface area contributed by atoms with Gasteiger partial charge in [-0.15, -0.1) is 0 Å². The monoisotopic (exact) mass is 376 g/mol. The van der Waals surface area contributed by atoms with E-state index in [1.807, 2.05) is 0 Å². The smallest absolute Gasteiger partial charge is 0.303 e. The molecular weight excluding hydrogens is 336 g/mol. The summed E-state index contributed by atoms with van der Waals surface area (Å²) in [5.74, 6) is 3.91. The van der Waals surface area contributed by atoms with Crippen LogP contribution in [0, 0.1) is 46.3 Å². The van der Waals surface area contributed by atoms with Crippen LogP contribution in [0.25, 0.3) is 0 Å². The first kappa shape index (κ1) is 19.7. The molecule has 0 aromatic rings. The highest BCUT2D eigenvalue weighted by atomic mass is 16.4. The van der Waals surface area contributed by atoms with Gasteiger partial charge in [-0.3, -0.25) is 4.79 Å². The fourth-order valence-electron chi connectivity index (χ4n) is 8.76. The fraction of sp³-hybridized carbons (Fsp3) is 0.958. The molecule has 4 fully saturated rings. The van der Waals surface area contributed by atoms with Crippen molar-refractivity contribution in [1.82, 2.24) is 0 Å². The molecule has 4 rings (SSSR count). The van der Waals surface area contributed by atoms with Crippen molar-refractivity contribution in [2.24, 2.45) is 46.3 Å². The summed E-state index contributed by atoms with van der Waals surface area (Å²) in [6.07, 6.45) is 12.4. The van der Waals surface area contributed by atoms with Crippen LogP contribution in [0.15, 0.2) is 0 Å². The molecular formula is C24H40O3. The Kier molecular flexibility index (Phi) is 5.15. The third-order valence-corrected chi connectivity index (χ3v) is 10.2. The number of hydrogen-bond donors (Lipinski definition) is 2. The van der Waals surface area contributed by atoms with E-state index in [0.717, 1.165) is 42.9 Å². The van der Waals surface area contributed by atoms with Crippen LogP contribution in [0.4, 0.5) is 0 Å². The van der Waals surface area contributed by atoms with Crippen molar-refractivity contribution >= 4 is 5.97 Å². The summed E-state index contributed by atoms with van der Waals surface area (Å²) < 4.78 is 0. The molecule has 4 aliphatic carbocycles. The largest absolute Gasteiger partial charge is 0.481 e. The topological polar surface area (TPSA) is 57.5 Å². The molecule has 0 saturated heterocycles. The lowest BCUT2D eigenvalue weighted by Crippen LogP contribution is -2.54. The number of carbonyl (C=O) groups is 1. The Bertz CT molecular complexity index is 574. The van der Waals surface area contributed by atoms with Gasteiger partial charge in [-0.1, -0.05) is 20.8 Å².